The highest BCUT2D eigenvalue weighted by Crippen LogP contribution is 2.26. The largest absolute Gasteiger partial charge is 0.349 e. The van der Waals surface area contributed by atoms with Gasteiger partial charge < -0.3 is 5.32 Å². The van der Waals surface area contributed by atoms with Crippen molar-refractivity contribution in [3.05, 3.63) is 70.8 Å². The molecule has 2 aromatic rings. The monoisotopic (exact) mass is 376 g/mol. The zero-order chi connectivity index (χ0) is 19.3. The molecule has 1 fully saturated rings. The molecule has 3 nitrogen and oxygen atoms in total. The molecule has 1 aliphatic carbocycles. The van der Waals surface area contributed by atoms with E-state index in [-0.39, 0.29) is 17.9 Å². The topological polar surface area (TPSA) is 32.3 Å². The predicted octanol–water partition coefficient (Wildman–Crippen LogP) is 4.65. The number of amides is 1. The van der Waals surface area contributed by atoms with Crippen molar-refractivity contribution in [2.75, 3.05) is 13.1 Å². The van der Waals surface area contributed by atoms with Crippen molar-refractivity contribution in [3.63, 3.8) is 0 Å². The number of fused-ring (bicyclic) bond motifs is 1. The first kappa shape index (κ1) is 19.2. The molecular weight excluding hydrogens is 344 g/mol. The Hall–Kier alpha value is -2.13. The van der Waals surface area contributed by atoms with Gasteiger partial charge in [-0.05, 0) is 80.8 Å². The molecule has 1 saturated heterocycles. The summed E-state index contributed by atoms with van der Waals surface area (Å²) in [4.78, 5) is 15.3. The molecular formula is C25H32N2O. The number of piperidine rings is 1. The molecule has 1 aliphatic heterocycles. The Kier molecular flexibility index (Phi) is 6.11. The molecule has 1 heterocycles. The Morgan fingerprint density at radius 1 is 1.04 bits per heavy atom. The fourth-order valence-corrected chi connectivity index (χ4v) is 4.63. The maximum atomic E-state index is 12.8. The van der Waals surface area contributed by atoms with Crippen molar-refractivity contribution >= 4 is 5.91 Å². The zero-order valence-electron chi connectivity index (χ0n) is 17.0. The van der Waals surface area contributed by atoms with Gasteiger partial charge in [-0.15, -0.1) is 0 Å². The smallest absolute Gasteiger partial charge is 0.223 e. The van der Waals surface area contributed by atoms with Gasteiger partial charge in [0.05, 0.1) is 6.04 Å². The van der Waals surface area contributed by atoms with Gasteiger partial charge >= 0.3 is 0 Å². The first-order valence-corrected chi connectivity index (χ1v) is 10.9. The summed E-state index contributed by atoms with van der Waals surface area (Å²) >= 11 is 0. The molecule has 1 N–H and O–H groups in total. The third kappa shape index (κ3) is 4.64. The van der Waals surface area contributed by atoms with Gasteiger partial charge in [-0.2, -0.15) is 0 Å². The highest BCUT2D eigenvalue weighted by molar-refractivity contribution is 5.79. The van der Waals surface area contributed by atoms with Crippen LogP contribution in [-0.4, -0.2) is 23.9 Å². The highest BCUT2D eigenvalue weighted by Gasteiger charge is 2.26. The lowest BCUT2D eigenvalue weighted by molar-refractivity contribution is -0.127. The normalized spacial score (nSPS) is 19.0. The van der Waals surface area contributed by atoms with Crippen LogP contribution in [0.3, 0.4) is 0 Å². The summed E-state index contributed by atoms with van der Waals surface area (Å²) in [5.41, 5.74) is 5.58. The lowest BCUT2D eigenvalue weighted by Gasteiger charge is -2.32. The summed E-state index contributed by atoms with van der Waals surface area (Å²) in [5, 5.41) is 3.28. The summed E-state index contributed by atoms with van der Waals surface area (Å²) in [7, 11) is 0. The van der Waals surface area contributed by atoms with E-state index in [1.165, 1.54) is 47.9 Å². The van der Waals surface area contributed by atoms with Crippen molar-refractivity contribution in [2.24, 2.45) is 5.92 Å². The molecule has 4 rings (SSSR count). The second-order valence-electron chi connectivity index (χ2n) is 8.50. The molecule has 0 radical (unpaired) electrons. The number of hydrogen-bond acceptors (Lipinski definition) is 2. The minimum absolute atomic E-state index is 0.0853. The van der Waals surface area contributed by atoms with Crippen LogP contribution in [0, 0.1) is 5.92 Å². The van der Waals surface area contributed by atoms with Gasteiger partial charge in [0.1, 0.15) is 0 Å². The Morgan fingerprint density at radius 2 is 1.75 bits per heavy atom. The van der Waals surface area contributed by atoms with Gasteiger partial charge in [0, 0.05) is 12.5 Å². The van der Waals surface area contributed by atoms with Crippen LogP contribution in [0.2, 0.25) is 0 Å². The third-order valence-corrected chi connectivity index (χ3v) is 6.44. The molecule has 0 unspecified atom stereocenters. The fraction of sp³-hybridized carbons (Fsp3) is 0.480. The van der Waals surface area contributed by atoms with Crippen LogP contribution in [-0.2, 0) is 24.2 Å². The highest BCUT2D eigenvalue weighted by atomic mass is 16.1. The second-order valence-corrected chi connectivity index (χ2v) is 8.50. The van der Waals surface area contributed by atoms with Gasteiger partial charge in [-0.3, -0.25) is 9.69 Å². The van der Waals surface area contributed by atoms with E-state index in [1.807, 2.05) is 0 Å². The minimum atomic E-state index is 0.0853. The number of aryl methyl sites for hydroxylation is 2. The molecule has 2 aliphatic rings. The molecule has 0 spiro atoms. The number of carbonyl (C=O) groups excluding carboxylic acids is 1. The van der Waals surface area contributed by atoms with Crippen LogP contribution in [0.5, 0.6) is 0 Å². The van der Waals surface area contributed by atoms with Crippen molar-refractivity contribution in [3.8, 4) is 0 Å². The summed E-state index contributed by atoms with van der Waals surface area (Å²) < 4.78 is 0. The van der Waals surface area contributed by atoms with Crippen LogP contribution < -0.4 is 5.32 Å². The lowest BCUT2D eigenvalue weighted by Crippen LogP contribution is -2.40. The van der Waals surface area contributed by atoms with Gasteiger partial charge in [-0.25, -0.2) is 0 Å². The summed E-state index contributed by atoms with van der Waals surface area (Å²) in [5.74, 6) is 0.372. The van der Waals surface area contributed by atoms with Crippen LogP contribution in [0.25, 0.3) is 0 Å². The van der Waals surface area contributed by atoms with E-state index in [9.17, 15) is 4.79 Å². The summed E-state index contributed by atoms with van der Waals surface area (Å²) in [6.45, 7) is 5.11. The third-order valence-electron chi connectivity index (χ3n) is 6.44. The quantitative estimate of drug-likeness (QED) is 0.823. The SMILES string of the molecule is C[C@@H](NC(=O)C1CCN(Cc2ccccc2)CC1)c1ccc2c(c1)CCCC2. The molecule has 0 bridgehead atoms. The van der Waals surface area contributed by atoms with Crippen LogP contribution in [0.1, 0.15) is 60.9 Å². The average Bonchev–Trinajstić information content (AvgIpc) is 2.74. The van der Waals surface area contributed by atoms with E-state index in [1.54, 1.807) is 0 Å². The van der Waals surface area contributed by atoms with Crippen molar-refractivity contribution < 1.29 is 4.79 Å². The Labute approximate surface area is 169 Å². The number of carbonyl (C=O) groups is 1. The standard InChI is InChI=1S/C25H32N2O/c1-19(23-12-11-21-9-5-6-10-24(21)17-23)26-25(28)22-13-15-27(16-14-22)18-20-7-3-2-4-8-20/h2-4,7-8,11-12,17,19,22H,5-6,9-10,13-16,18H2,1H3,(H,26,28)/t19-/m1/s1. The van der Waals surface area contributed by atoms with E-state index >= 15 is 0 Å². The van der Waals surface area contributed by atoms with Crippen molar-refractivity contribution in [2.45, 2.75) is 58.0 Å². The molecule has 148 valence electrons. The number of nitrogens with one attached hydrogen (secondary N) is 1. The summed E-state index contributed by atoms with van der Waals surface area (Å²) in [6.07, 6.45) is 6.90. The van der Waals surface area contributed by atoms with E-state index in [0.717, 1.165) is 32.5 Å². The van der Waals surface area contributed by atoms with E-state index in [0.29, 0.717) is 0 Å². The number of likely N-dealkylation sites (tertiary alicyclic amines) is 1. The van der Waals surface area contributed by atoms with Crippen molar-refractivity contribution in [1.29, 1.82) is 0 Å². The zero-order valence-corrected chi connectivity index (χ0v) is 17.0. The Balaban J connectivity index is 1.28. The number of hydrogen-bond donors (Lipinski definition) is 1. The van der Waals surface area contributed by atoms with Gasteiger partial charge in [-0.1, -0.05) is 48.5 Å². The maximum Gasteiger partial charge on any atom is 0.223 e. The first-order chi connectivity index (χ1) is 13.7. The van der Waals surface area contributed by atoms with Crippen LogP contribution in [0.15, 0.2) is 48.5 Å². The van der Waals surface area contributed by atoms with E-state index in [2.05, 4.69) is 65.7 Å². The molecule has 28 heavy (non-hydrogen) atoms. The van der Waals surface area contributed by atoms with Gasteiger partial charge in [0.15, 0.2) is 0 Å². The van der Waals surface area contributed by atoms with Crippen LogP contribution in [0.4, 0.5) is 0 Å². The maximum absolute atomic E-state index is 12.8. The molecule has 0 aromatic heterocycles. The van der Waals surface area contributed by atoms with Crippen molar-refractivity contribution in [1.82, 2.24) is 10.2 Å². The molecule has 0 saturated carbocycles. The van der Waals surface area contributed by atoms with Gasteiger partial charge in [0.25, 0.3) is 0 Å². The molecule has 3 heteroatoms. The number of nitrogens with zero attached hydrogens (tertiary/aromatic N) is 1. The average molecular weight is 377 g/mol. The molecule has 1 amide bonds. The fourth-order valence-electron chi connectivity index (χ4n) is 4.63. The van der Waals surface area contributed by atoms with E-state index in [4.69, 9.17) is 0 Å². The predicted molar refractivity (Wildman–Crippen MR) is 114 cm³/mol. The molecule has 2 aromatic carbocycles. The first-order valence-electron chi connectivity index (χ1n) is 10.9. The van der Waals surface area contributed by atoms with Crippen LogP contribution >= 0.6 is 0 Å². The number of benzene rings is 2. The minimum Gasteiger partial charge on any atom is -0.349 e. The number of rotatable bonds is 5. The molecule has 1 atom stereocenters. The van der Waals surface area contributed by atoms with Gasteiger partial charge in [0.2, 0.25) is 5.91 Å². The van der Waals surface area contributed by atoms with E-state index < -0.39 is 0 Å². The Morgan fingerprint density at radius 3 is 2.50 bits per heavy atom. The second kappa shape index (κ2) is 8.91. The Bertz CT molecular complexity index is 793. The summed E-state index contributed by atoms with van der Waals surface area (Å²) in [6, 6.07) is 17.5. The lowest BCUT2D eigenvalue weighted by atomic mass is 9.89.